The lowest BCUT2D eigenvalue weighted by Gasteiger charge is -2.15. The summed E-state index contributed by atoms with van der Waals surface area (Å²) in [5.74, 6) is -1.38. The first kappa shape index (κ1) is 17.0. The molecule has 3 aromatic rings. The Hall–Kier alpha value is -2.44. The molecule has 1 aromatic carbocycles. The molecule has 134 valence electrons. The summed E-state index contributed by atoms with van der Waals surface area (Å²) in [5.41, 5.74) is 5.38. The van der Waals surface area contributed by atoms with Gasteiger partial charge in [0, 0.05) is 17.3 Å². The number of aliphatic carboxylic acids is 1. The van der Waals surface area contributed by atoms with Crippen molar-refractivity contribution in [2.75, 3.05) is 0 Å². The van der Waals surface area contributed by atoms with Crippen LogP contribution in [0.15, 0.2) is 24.3 Å². The number of nitrogens with zero attached hydrogens (tertiary/aromatic N) is 3. The molecule has 7 heteroatoms. The highest BCUT2D eigenvalue weighted by molar-refractivity contribution is 6.30. The second kappa shape index (κ2) is 6.37. The zero-order valence-electron chi connectivity index (χ0n) is 14.2. The molecule has 0 fully saturated rings. The predicted molar refractivity (Wildman–Crippen MR) is 97.4 cm³/mol. The summed E-state index contributed by atoms with van der Waals surface area (Å²) in [6, 6.07) is 8.16. The third-order valence-electron chi connectivity index (χ3n) is 4.92. The molecule has 2 aromatic heterocycles. The van der Waals surface area contributed by atoms with E-state index in [0.717, 1.165) is 18.4 Å². The van der Waals surface area contributed by atoms with Gasteiger partial charge in [-0.1, -0.05) is 23.7 Å². The fourth-order valence-corrected chi connectivity index (χ4v) is 3.92. The normalized spacial score (nSPS) is 15.0. The number of aliphatic hydroxyl groups is 1. The monoisotopic (exact) mass is 371 g/mol. The Kier molecular flexibility index (Phi) is 4.17. The van der Waals surface area contributed by atoms with Gasteiger partial charge in [-0.2, -0.15) is 5.10 Å². The summed E-state index contributed by atoms with van der Waals surface area (Å²) < 4.78 is 1.38. The summed E-state index contributed by atoms with van der Waals surface area (Å²) in [6.45, 7) is 1.62. The predicted octanol–water partition coefficient (Wildman–Crippen LogP) is 3.35. The van der Waals surface area contributed by atoms with Crippen LogP contribution in [0.1, 0.15) is 41.3 Å². The summed E-state index contributed by atoms with van der Waals surface area (Å²) >= 11 is 6.34. The van der Waals surface area contributed by atoms with E-state index >= 15 is 0 Å². The van der Waals surface area contributed by atoms with Crippen LogP contribution in [0.4, 0.5) is 0 Å². The van der Waals surface area contributed by atoms with Crippen molar-refractivity contribution < 1.29 is 15.0 Å². The molecule has 0 saturated heterocycles. The van der Waals surface area contributed by atoms with Crippen LogP contribution in [-0.2, 0) is 17.6 Å². The quantitative estimate of drug-likeness (QED) is 0.689. The van der Waals surface area contributed by atoms with Crippen molar-refractivity contribution in [2.45, 2.75) is 38.7 Å². The Bertz CT molecular complexity index is 1030. The van der Waals surface area contributed by atoms with Crippen molar-refractivity contribution in [2.24, 2.45) is 0 Å². The minimum Gasteiger partial charge on any atom is -0.479 e. The topological polar surface area (TPSA) is 87.7 Å². The number of aryl methyl sites for hydroxylation is 3. The highest BCUT2D eigenvalue weighted by atomic mass is 35.5. The molecule has 0 radical (unpaired) electrons. The molecule has 0 bridgehead atoms. The second-order valence-corrected chi connectivity index (χ2v) is 6.99. The number of hydrogen-bond acceptors (Lipinski definition) is 4. The van der Waals surface area contributed by atoms with Gasteiger partial charge in [0.25, 0.3) is 0 Å². The van der Waals surface area contributed by atoms with Gasteiger partial charge >= 0.3 is 5.97 Å². The van der Waals surface area contributed by atoms with Gasteiger partial charge in [-0.3, -0.25) is 0 Å². The van der Waals surface area contributed by atoms with Crippen molar-refractivity contribution in [3.63, 3.8) is 0 Å². The number of aliphatic hydroxyl groups excluding tert-OH is 1. The molecule has 1 aliphatic carbocycles. The van der Waals surface area contributed by atoms with Crippen LogP contribution in [0, 0.1) is 6.92 Å². The molecule has 2 N–H and O–H groups in total. The molecule has 2 heterocycles. The van der Waals surface area contributed by atoms with Gasteiger partial charge in [0.2, 0.25) is 0 Å². The molecule has 0 saturated carbocycles. The summed E-state index contributed by atoms with van der Waals surface area (Å²) in [5, 5.41) is 23.6. The van der Waals surface area contributed by atoms with Crippen molar-refractivity contribution in [3.8, 4) is 11.3 Å². The minimum atomic E-state index is -1.74. The van der Waals surface area contributed by atoms with Gasteiger partial charge in [-0.05, 0) is 49.8 Å². The summed E-state index contributed by atoms with van der Waals surface area (Å²) in [7, 11) is 0. The number of aromatic nitrogens is 3. The van der Waals surface area contributed by atoms with E-state index in [4.69, 9.17) is 16.7 Å². The van der Waals surface area contributed by atoms with Crippen LogP contribution in [0.5, 0.6) is 0 Å². The number of benzene rings is 1. The van der Waals surface area contributed by atoms with Gasteiger partial charge in [-0.15, -0.1) is 0 Å². The second-order valence-electron chi connectivity index (χ2n) is 6.63. The Morgan fingerprint density at radius 3 is 2.69 bits per heavy atom. The third kappa shape index (κ3) is 2.75. The summed E-state index contributed by atoms with van der Waals surface area (Å²) in [6.07, 6.45) is 2.88. The maximum Gasteiger partial charge on any atom is 0.337 e. The largest absolute Gasteiger partial charge is 0.479 e. The van der Waals surface area contributed by atoms with E-state index in [2.05, 4.69) is 22.2 Å². The zero-order valence-corrected chi connectivity index (χ0v) is 15.0. The Morgan fingerprint density at radius 2 is 1.96 bits per heavy atom. The first-order valence-corrected chi connectivity index (χ1v) is 8.92. The van der Waals surface area contributed by atoms with Crippen LogP contribution < -0.4 is 0 Å². The van der Waals surface area contributed by atoms with Gasteiger partial charge in [-0.25, -0.2) is 14.3 Å². The Labute approximate surface area is 155 Å². The third-order valence-corrected chi connectivity index (χ3v) is 5.29. The van der Waals surface area contributed by atoms with Crippen LogP contribution >= 0.6 is 11.6 Å². The Balaban J connectivity index is 1.83. The Morgan fingerprint density at radius 1 is 1.23 bits per heavy atom. The van der Waals surface area contributed by atoms with E-state index in [1.807, 2.05) is 12.1 Å². The van der Waals surface area contributed by atoms with E-state index in [-0.39, 0.29) is 10.7 Å². The lowest BCUT2D eigenvalue weighted by atomic mass is 9.90. The molecule has 0 spiro atoms. The first-order valence-electron chi connectivity index (χ1n) is 8.54. The number of rotatable bonds is 3. The lowest BCUT2D eigenvalue weighted by molar-refractivity contribution is -0.147. The first-order chi connectivity index (χ1) is 12.5. The van der Waals surface area contributed by atoms with Crippen LogP contribution in [0.3, 0.4) is 0 Å². The molecular weight excluding hydrogens is 354 g/mol. The SMILES string of the molecule is Cc1nc2cc(-c3ccc4c(c3)CCCC4)nn2c(Cl)c1C(O)C(=O)O. The fourth-order valence-electron chi connectivity index (χ4n) is 3.56. The molecule has 1 aliphatic rings. The number of carboxylic acids is 1. The summed E-state index contributed by atoms with van der Waals surface area (Å²) in [4.78, 5) is 15.5. The number of hydrogen-bond donors (Lipinski definition) is 2. The maximum atomic E-state index is 11.1. The number of halogens is 1. The lowest BCUT2D eigenvalue weighted by Crippen LogP contribution is -2.15. The smallest absolute Gasteiger partial charge is 0.337 e. The van der Waals surface area contributed by atoms with Gasteiger partial charge in [0.05, 0.1) is 11.3 Å². The van der Waals surface area contributed by atoms with Crippen LogP contribution in [0.25, 0.3) is 16.9 Å². The van der Waals surface area contributed by atoms with E-state index in [1.165, 1.54) is 28.5 Å². The van der Waals surface area contributed by atoms with Gasteiger partial charge in [0.15, 0.2) is 11.8 Å². The molecule has 6 nitrogen and oxygen atoms in total. The van der Waals surface area contributed by atoms with Crippen molar-refractivity contribution >= 4 is 23.2 Å². The highest BCUT2D eigenvalue weighted by Gasteiger charge is 2.25. The van der Waals surface area contributed by atoms with Crippen molar-refractivity contribution in [1.29, 1.82) is 0 Å². The fraction of sp³-hybridized carbons (Fsp3) is 0.316. The molecular formula is C19H18ClN3O3. The molecule has 0 amide bonds. The van der Waals surface area contributed by atoms with E-state index in [1.54, 1.807) is 6.92 Å². The van der Waals surface area contributed by atoms with Crippen LogP contribution in [-0.4, -0.2) is 30.8 Å². The van der Waals surface area contributed by atoms with E-state index in [9.17, 15) is 9.90 Å². The molecule has 1 atom stereocenters. The van der Waals surface area contributed by atoms with Crippen molar-refractivity contribution in [3.05, 3.63) is 51.8 Å². The maximum absolute atomic E-state index is 11.1. The minimum absolute atomic E-state index is 0.0617. The standard InChI is InChI=1S/C19H18ClN3O3/c1-10-16(17(24)19(25)26)18(20)23-15(21-10)9-14(22-23)13-7-6-11-4-2-3-5-12(11)8-13/h6-9,17,24H,2-5H2,1H3,(H,25,26). The van der Waals surface area contributed by atoms with Crippen molar-refractivity contribution in [1.82, 2.24) is 14.6 Å². The number of carboxylic acid groups (broad SMARTS) is 1. The molecule has 26 heavy (non-hydrogen) atoms. The van der Waals surface area contributed by atoms with E-state index < -0.39 is 12.1 Å². The molecule has 1 unspecified atom stereocenters. The highest BCUT2D eigenvalue weighted by Crippen LogP contribution is 2.30. The number of carbonyl (C=O) groups is 1. The van der Waals surface area contributed by atoms with Crippen LogP contribution in [0.2, 0.25) is 5.15 Å². The average molecular weight is 372 g/mol. The van der Waals surface area contributed by atoms with Gasteiger partial charge < -0.3 is 10.2 Å². The molecule has 4 rings (SSSR count). The van der Waals surface area contributed by atoms with E-state index in [0.29, 0.717) is 17.0 Å². The van der Waals surface area contributed by atoms with Gasteiger partial charge in [0.1, 0.15) is 5.15 Å². The number of fused-ring (bicyclic) bond motifs is 2. The zero-order chi connectivity index (χ0) is 18.4. The molecule has 0 aliphatic heterocycles. The average Bonchev–Trinajstić information content (AvgIpc) is 3.05.